The van der Waals surface area contributed by atoms with Crippen LogP contribution in [0, 0.1) is 11.8 Å². The van der Waals surface area contributed by atoms with E-state index in [0.29, 0.717) is 12.0 Å². The molecular formula is C17H28N2. The van der Waals surface area contributed by atoms with Gasteiger partial charge in [-0.05, 0) is 48.6 Å². The van der Waals surface area contributed by atoms with Crippen LogP contribution in [0.3, 0.4) is 0 Å². The Morgan fingerprint density at radius 1 is 1.21 bits per heavy atom. The average Bonchev–Trinajstić information content (AvgIpc) is 2.48. The normalized spacial score (nSPS) is 20.3. The summed E-state index contributed by atoms with van der Waals surface area (Å²) < 4.78 is 0. The monoisotopic (exact) mass is 260 g/mol. The molecule has 0 saturated carbocycles. The molecule has 0 saturated heterocycles. The smallest absolute Gasteiger partial charge is 0.0244 e. The van der Waals surface area contributed by atoms with Crippen molar-refractivity contribution in [2.45, 2.75) is 58.4 Å². The van der Waals surface area contributed by atoms with Crippen LogP contribution in [-0.2, 0) is 12.8 Å². The minimum Gasteiger partial charge on any atom is -0.271 e. The standard InChI is InChI=1S/C17H28N2/c1-3-13(4-2)11-17(19-18)16-10-9-14-7-5-6-8-15(14)12-16/h5-8,13,16-17,19H,3-4,9-12,18H2,1-2H3. The Balaban J connectivity index is 2.01. The summed E-state index contributed by atoms with van der Waals surface area (Å²) in [6.07, 6.45) is 7.41. The van der Waals surface area contributed by atoms with E-state index in [9.17, 15) is 0 Å². The van der Waals surface area contributed by atoms with Gasteiger partial charge < -0.3 is 0 Å². The molecule has 1 aliphatic carbocycles. The van der Waals surface area contributed by atoms with Gasteiger partial charge in [0, 0.05) is 6.04 Å². The van der Waals surface area contributed by atoms with Crippen LogP contribution in [0.4, 0.5) is 0 Å². The van der Waals surface area contributed by atoms with Crippen LogP contribution in [-0.4, -0.2) is 6.04 Å². The van der Waals surface area contributed by atoms with Crippen molar-refractivity contribution < 1.29 is 0 Å². The Labute approximate surface area is 117 Å². The molecule has 0 heterocycles. The van der Waals surface area contributed by atoms with Crippen molar-refractivity contribution in [3.8, 4) is 0 Å². The minimum absolute atomic E-state index is 0.471. The largest absolute Gasteiger partial charge is 0.271 e. The van der Waals surface area contributed by atoms with Crippen molar-refractivity contribution in [2.24, 2.45) is 17.7 Å². The van der Waals surface area contributed by atoms with Gasteiger partial charge in [-0.15, -0.1) is 0 Å². The van der Waals surface area contributed by atoms with Gasteiger partial charge in [-0.1, -0.05) is 51.0 Å². The van der Waals surface area contributed by atoms with Gasteiger partial charge >= 0.3 is 0 Å². The van der Waals surface area contributed by atoms with Gasteiger partial charge in [-0.2, -0.15) is 0 Å². The van der Waals surface area contributed by atoms with E-state index in [4.69, 9.17) is 5.84 Å². The van der Waals surface area contributed by atoms with Crippen LogP contribution in [0.25, 0.3) is 0 Å². The van der Waals surface area contributed by atoms with Gasteiger partial charge in [0.05, 0.1) is 0 Å². The lowest BCUT2D eigenvalue weighted by molar-refractivity contribution is 0.264. The molecule has 0 aliphatic heterocycles. The SMILES string of the molecule is CCC(CC)CC(NN)C1CCc2ccccc2C1. The predicted molar refractivity (Wildman–Crippen MR) is 81.8 cm³/mol. The first-order chi connectivity index (χ1) is 9.28. The van der Waals surface area contributed by atoms with Crippen molar-refractivity contribution >= 4 is 0 Å². The maximum absolute atomic E-state index is 5.83. The zero-order chi connectivity index (χ0) is 13.7. The molecular weight excluding hydrogens is 232 g/mol. The molecule has 0 bridgehead atoms. The molecule has 1 aromatic carbocycles. The van der Waals surface area contributed by atoms with E-state index in [0.717, 1.165) is 5.92 Å². The third-order valence-corrected chi connectivity index (χ3v) is 4.91. The number of hydrogen-bond acceptors (Lipinski definition) is 2. The van der Waals surface area contributed by atoms with Crippen LogP contribution in [0.2, 0.25) is 0 Å². The summed E-state index contributed by atoms with van der Waals surface area (Å²) in [6, 6.07) is 9.34. The molecule has 1 aromatic rings. The summed E-state index contributed by atoms with van der Waals surface area (Å²) in [5, 5.41) is 0. The topological polar surface area (TPSA) is 38.0 Å². The molecule has 106 valence electrons. The maximum Gasteiger partial charge on any atom is 0.0244 e. The van der Waals surface area contributed by atoms with Gasteiger partial charge in [0.1, 0.15) is 0 Å². The first kappa shape index (κ1) is 14.5. The van der Waals surface area contributed by atoms with E-state index in [2.05, 4.69) is 43.5 Å². The second-order valence-corrected chi connectivity index (χ2v) is 5.96. The minimum atomic E-state index is 0.471. The van der Waals surface area contributed by atoms with Crippen LogP contribution >= 0.6 is 0 Å². The summed E-state index contributed by atoms with van der Waals surface area (Å²) >= 11 is 0. The van der Waals surface area contributed by atoms with E-state index in [1.54, 1.807) is 0 Å². The van der Waals surface area contributed by atoms with Crippen LogP contribution < -0.4 is 11.3 Å². The Morgan fingerprint density at radius 2 is 1.89 bits per heavy atom. The van der Waals surface area contributed by atoms with Crippen LogP contribution in [0.15, 0.2) is 24.3 Å². The lowest BCUT2D eigenvalue weighted by Gasteiger charge is -2.33. The highest BCUT2D eigenvalue weighted by Crippen LogP contribution is 2.30. The zero-order valence-corrected chi connectivity index (χ0v) is 12.4. The highest BCUT2D eigenvalue weighted by atomic mass is 15.2. The second kappa shape index (κ2) is 7.06. The summed E-state index contributed by atoms with van der Waals surface area (Å²) in [5.74, 6) is 7.33. The Hall–Kier alpha value is -0.860. The van der Waals surface area contributed by atoms with E-state index >= 15 is 0 Å². The fraction of sp³-hybridized carbons (Fsp3) is 0.647. The van der Waals surface area contributed by atoms with Gasteiger partial charge in [-0.3, -0.25) is 11.3 Å². The number of fused-ring (bicyclic) bond motifs is 1. The van der Waals surface area contributed by atoms with Gasteiger partial charge in [0.15, 0.2) is 0 Å². The highest BCUT2D eigenvalue weighted by molar-refractivity contribution is 5.30. The molecule has 2 heteroatoms. The lowest BCUT2D eigenvalue weighted by atomic mass is 9.77. The Kier molecular flexibility index (Phi) is 5.41. The van der Waals surface area contributed by atoms with Crippen LogP contribution in [0.1, 0.15) is 50.7 Å². The van der Waals surface area contributed by atoms with Gasteiger partial charge in [0.25, 0.3) is 0 Å². The lowest BCUT2D eigenvalue weighted by Crippen LogP contribution is -2.44. The summed E-state index contributed by atoms with van der Waals surface area (Å²) in [6.45, 7) is 4.58. The fourth-order valence-corrected chi connectivity index (χ4v) is 3.45. The second-order valence-electron chi connectivity index (χ2n) is 5.96. The van der Waals surface area contributed by atoms with Crippen molar-refractivity contribution in [3.63, 3.8) is 0 Å². The summed E-state index contributed by atoms with van der Waals surface area (Å²) in [5.41, 5.74) is 6.17. The number of hydrogen-bond donors (Lipinski definition) is 2. The summed E-state index contributed by atoms with van der Waals surface area (Å²) in [7, 11) is 0. The summed E-state index contributed by atoms with van der Waals surface area (Å²) in [4.78, 5) is 0. The quantitative estimate of drug-likeness (QED) is 0.607. The maximum atomic E-state index is 5.83. The van der Waals surface area contributed by atoms with Gasteiger partial charge in [0.2, 0.25) is 0 Å². The number of benzene rings is 1. The first-order valence-corrected chi connectivity index (χ1v) is 7.81. The van der Waals surface area contributed by atoms with Crippen LogP contribution in [0.5, 0.6) is 0 Å². The fourth-order valence-electron chi connectivity index (χ4n) is 3.45. The number of hydrazine groups is 1. The number of nitrogens with two attached hydrogens (primary N) is 1. The molecule has 19 heavy (non-hydrogen) atoms. The molecule has 2 unspecified atom stereocenters. The third-order valence-electron chi connectivity index (χ3n) is 4.91. The molecule has 0 radical (unpaired) electrons. The average molecular weight is 260 g/mol. The Morgan fingerprint density at radius 3 is 2.53 bits per heavy atom. The molecule has 1 aliphatic rings. The molecule has 2 atom stereocenters. The molecule has 0 spiro atoms. The number of nitrogens with one attached hydrogen (secondary N) is 1. The van der Waals surface area contributed by atoms with Crippen molar-refractivity contribution in [1.29, 1.82) is 0 Å². The molecule has 3 N–H and O–H groups in total. The van der Waals surface area contributed by atoms with Crippen molar-refractivity contribution in [1.82, 2.24) is 5.43 Å². The molecule has 0 aromatic heterocycles. The van der Waals surface area contributed by atoms with E-state index in [-0.39, 0.29) is 0 Å². The first-order valence-electron chi connectivity index (χ1n) is 7.81. The molecule has 0 fully saturated rings. The van der Waals surface area contributed by atoms with Crippen molar-refractivity contribution in [3.05, 3.63) is 35.4 Å². The third kappa shape index (κ3) is 3.58. The molecule has 0 amide bonds. The molecule has 2 rings (SSSR count). The van der Waals surface area contributed by atoms with E-state index < -0.39 is 0 Å². The number of rotatable bonds is 6. The Bertz CT molecular complexity index is 385. The van der Waals surface area contributed by atoms with E-state index in [1.807, 2.05) is 0 Å². The van der Waals surface area contributed by atoms with Gasteiger partial charge in [-0.25, -0.2) is 0 Å². The zero-order valence-electron chi connectivity index (χ0n) is 12.4. The predicted octanol–water partition coefficient (Wildman–Crippen LogP) is 3.45. The van der Waals surface area contributed by atoms with Crippen molar-refractivity contribution in [2.75, 3.05) is 0 Å². The number of aryl methyl sites for hydroxylation is 1. The van der Waals surface area contributed by atoms with E-state index in [1.165, 1.54) is 49.7 Å². The highest BCUT2D eigenvalue weighted by Gasteiger charge is 2.26. The molecule has 2 nitrogen and oxygen atoms in total.